The number of benzene rings is 1. The quantitative estimate of drug-likeness (QED) is 0.897. The second kappa shape index (κ2) is 6.72. The highest BCUT2D eigenvalue weighted by Crippen LogP contribution is 2.24. The zero-order chi connectivity index (χ0) is 12.1. The minimum absolute atomic E-state index is 0.462. The highest BCUT2D eigenvalue weighted by molar-refractivity contribution is 8.06. The van der Waals surface area contributed by atoms with Gasteiger partial charge in [-0.05, 0) is 25.0 Å². The van der Waals surface area contributed by atoms with Crippen molar-refractivity contribution in [2.24, 2.45) is 0 Å². The fourth-order valence-electron chi connectivity index (χ4n) is 2.15. The summed E-state index contributed by atoms with van der Waals surface area (Å²) in [5.74, 6) is 3.95. The van der Waals surface area contributed by atoms with E-state index in [1.54, 1.807) is 0 Å². The summed E-state index contributed by atoms with van der Waals surface area (Å²) in [6, 6.07) is 9.13. The maximum atomic E-state index is 3.68. The summed E-state index contributed by atoms with van der Waals surface area (Å²) < 4.78 is 0. The van der Waals surface area contributed by atoms with Crippen LogP contribution in [0.1, 0.15) is 24.1 Å². The van der Waals surface area contributed by atoms with Crippen molar-refractivity contribution in [2.45, 2.75) is 25.1 Å². The second-order valence-electron chi connectivity index (χ2n) is 4.55. The van der Waals surface area contributed by atoms with Crippen LogP contribution in [-0.4, -0.2) is 29.1 Å². The predicted octanol–water partition coefficient (Wildman–Crippen LogP) is 3.49. The van der Waals surface area contributed by atoms with Gasteiger partial charge in [-0.3, -0.25) is 0 Å². The lowest BCUT2D eigenvalue weighted by atomic mass is 10.0. The van der Waals surface area contributed by atoms with Crippen LogP contribution in [0.4, 0.5) is 0 Å². The van der Waals surface area contributed by atoms with E-state index >= 15 is 0 Å². The molecule has 1 N–H and O–H groups in total. The van der Waals surface area contributed by atoms with Crippen LogP contribution in [0.25, 0.3) is 0 Å². The fraction of sp³-hybridized carbons (Fsp3) is 0.571. The zero-order valence-electron chi connectivity index (χ0n) is 10.6. The number of nitrogens with one attached hydrogen (secondary N) is 1. The molecular weight excluding hydrogens is 246 g/mol. The monoisotopic (exact) mass is 267 g/mol. The van der Waals surface area contributed by atoms with E-state index in [1.165, 1.54) is 28.4 Å². The summed E-state index contributed by atoms with van der Waals surface area (Å²) in [6.07, 6.45) is 0. The van der Waals surface area contributed by atoms with Gasteiger partial charge in [-0.15, -0.1) is 0 Å². The molecule has 1 saturated heterocycles. The highest BCUT2D eigenvalue weighted by atomic mass is 32.2. The van der Waals surface area contributed by atoms with Gasteiger partial charge in [-0.1, -0.05) is 24.3 Å². The lowest BCUT2D eigenvalue weighted by Crippen LogP contribution is -2.31. The number of thioether (sulfide) groups is 2. The average molecular weight is 267 g/mol. The normalized spacial score (nSPS) is 22.4. The van der Waals surface area contributed by atoms with Crippen molar-refractivity contribution in [3.05, 3.63) is 35.4 Å². The first-order valence-electron chi connectivity index (χ1n) is 6.25. The largest absolute Gasteiger partial charge is 0.309 e. The number of hydrogen-bond donors (Lipinski definition) is 1. The van der Waals surface area contributed by atoms with Crippen molar-refractivity contribution in [2.75, 3.05) is 23.8 Å². The van der Waals surface area contributed by atoms with Crippen molar-refractivity contribution < 1.29 is 0 Å². The number of rotatable bonds is 4. The summed E-state index contributed by atoms with van der Waals surface area (Å²) >= 11 is 4.21. The maximum Gasteiger partial charge on any atom is 0.0294 e. The molecule has 1 nitrogen and oxygen atoms in total. The Morgan fingerprint density at radius 2 is 2.18 bits per heavy atom. The van der Waals surface area contributed by atoms with E-state index in [2.05, 4.69) is 67.0 Å². The summed E-state index contributed by atoms with van der Waals surface area (Å²) in [5.41, 5.74) is 2.82. The molecule has 0 amide bonds. The molecule has 1 aliphatic heterocycles. The van der Waals surface area contributed by atoms with E-state index in [0.717, 1.165) is 11.8 Å². The smallest absolute Gasteiger partial charge is 0.0294 e. The minimum Gasteiger partial charge on any atom is -0.309 e. The molecule has 0 aromatic heterocycles. The van der Waals surface area contributed by atoms with Gasteiger partial charge in [0.25, 0.3) is 0 Å². The average Bonchev–Trinajstić information content (AvgIpc) is 2.38. The fourth-order valence-corrected chi connectivity index (χ4v) is 4.77. The van der Waals surface area contributed by atoms with E-state index in [-0.39, 0.29) is 0 Å². The van der Waals surface area contributed by atoms with Gasteiger partial charge in [0.05, 0.1) is 0 Å². The molecule has 0 saturated carbocycles. The van der Waals surface area contributed by atoms with Gasteiger partial charge in [0, 0.05) is 35.1 Å². The Kier molecular flexibility index (Phi) is 5.26. The molecule has 2 unspecified atom stereocenters. The van der Waals surface area contributed by atoms with Crippen molar-refractivity contribution in [1.82, 2.24) is 5.32 Å². The van der Waals surface area contributed by atoms with Gasteiger partial charge < -0.3 is 5.32 Å². The molecule has 1 fully saturated rings. The molecule has 1 aromatic rings. The van der Waals surface area contributed by atoms with Crippen LogP contribution in [-0.2, 0) is 0 Å². The molecule has 2 rings (SSSR count). The van der Waals surface area contributed by atoms with Gasteiger partial charge >= 0.3 is 0 Å². The second-order valence-corrected chi connectivity index (χ2v) is 7.11. The molecule has 3 heteroatoms. The number of hydrogen-bond acceptors (Lipinski definition) is 3. The summed E-state index contributed by atoms with van der Waals surface area (Å²) in [6.45, 7) is 5.59. The van der Waals surface area contributed by atoms with E-state index in [4.69, 9.17) is 0 Å². The molecule has 0 radical (unpaired) electrons. The molecule has 1 aliphatic rings. The molecule has 17 heavy (non-hydrogen) atoms. The minimum atomic E-state index is 0.462. The molecular formula is C14H21NS2. The van der Waals surface area contributed by atoms with Crippen LogP contribution < -0.4 is 5.32 Å². The Bertz CT molecular complexity index is 348. The van der Waals surface area contributed by atoms with Crippen molar-refractivity contribution >= 4 is 23.5 Å². The molecule has 1 aromatic carbocycles. The Labute approximate surface area is 113 Å². The van der Waals surface area contributed by atoms with Crippen LogP contribution in [0.5, 0.6) is 0 Å². The van der Waals surface area contributed by atoms with Crippen LogP contribution in [0.2, 0.25) is 0 Å². The third-order valence-corrected chi connectivity index (χ3v) is 6.04. The number of aryl methyl sites for hydroxylation is 1. The summed E-state index contributed by atoms with van der Waals surface area (Å²) in [7, 11) is 0. The Balaban J connectivity index is 1.84. The Hall–Kier alpha value is -0.120. The lowest BCUT2D eigenvalue weighted by molar-refractivity contribution is 0.575. The lowest BCUT2D eigenvalue weighted by Gasteiger charge is -2.24. The van der Waals surface area contributed by atoms with E-state index in [1.807, 2.05) is 0 Å². The Morgan fingerprint density at radius 3 is 2.88 bits per heavy atom. The molecule has 94 valence electrons. The summed E-state index contributed by atoms with van der Waals surface area (Å²) in [4.78, 5) is 0. The summed E-state index contributed by atoms with van der Waals surface area (Å²) in [5, 5.41) is 4.47. The van der Waals surface area contributed by atoms with Gasteiger partial charge in [0.1, 0.15) is 0 Å². The Morgan fingerprint density at radius 1 is 1.35 bits per heavy atom. The highest BCUT2D eigenvalue weighted by Gasteiger charge is 2.15. The van der Waals surface area contributed by atoms with E-state index in [9.17, 15) is 0 Å². The van der Waals surface area contributed by atoms with Crippen LogP contribution in [0.15, 0.2) is 24.3 Å². The third-order valence-electron chi connectivity index (χ3n) is 3.19. The third kappa shape index (κ3) is 3.94. The van der Waals surface area contributed by atoms with Crippen molar-refractivity contribution in [1.29, 1.82) is 0 Å². The standard InChI is InChI=1S/C14H21NS2/c1-11-5-3-4-6-14(11)12(2)15-9-13-10-16-7-8-17-13/h3-6,12-13,15H,7-10H2,1-2H3. The van der Waals surface area contributed by atoms with Gasteiger partial charge in [0.15, 0.2) is 0 Å². The molecule has 2 atom stereocenters. The molecule has 0 bridgehead atoms. The van der Waals surface area contributed by atoms with Gasteiger partial charge in [-0.2, -0.15) is 23.5 Å². The first kappa shape index (κ1) is 13.3. The predicted molar refractivity (Wildman–Crippen MR) is 81.2 cm³/mol. The van der Waals surface area contributed by atoms with Gasteiger partial charge in [0.2, 0.25) is 0 Å². The van der Waals surface area contributed by atoms with Crippen LogP contribution >= 0.6 is 23.5 Å². The topological polar surface area (TPSA) is 12.0 Å². The van der Waals surface area contributed by atoms with Gasteiger partial charge in [-0.25, -0.2) is 0 Å². The molecule has 0 spiro atoms. The first-order chi connectivity index (χ1) is 8.27. The molecule has 0 aliphatic carbocycles. The van der Waals surface area contributed by atoms with Crippen LogP contribution in [0, 0.1) is 6.92 Å². The zero-order valence-corrected chi connectivity index (χ0v) is 12.2. The maximum absolute atomic E-state index is 3.68. The van der Waals surface area contributed by atoms with E-state index in [0.29, 0.717) is 6.04 Å². The molecule has 1 heterocycles. The SMILES string of the molecule is Cc1ccccc1C(C)NCC1CSCCS1. The van der Waals surface area contributed by atoms with Crippen molar-refractivity contribution in [3.63, 3.8) is 0 Å². The first-order valence-corrected chi connectivity index (χ1v) is 8.46. The van der Waals surface area contributed by atoms with Crippen LogP contribution in [0.3, 0.4) is 0 Å². The van der Waals surface area contributed by atoms with E-state index < -0.39 is 0 Å². The van der Waals surface area contributed by atoms with Crippen molar-refractivity contribution in [3.8, 4) is 0 Å².